The summed E-state index contributed by atoms with van der Waals surface area (Å²) in [6.07, 6.45) is 0.617. The lowest BCUT2D eigenvalue weighted by Gasteiger charge is -2.36. The molecule has 0 atom stereocenters. The molecule has 7 heteroatoms. The van der Waals surface area contributed by atoms with Gasteiger partial charge in [0, 0.05) is 57.9 Å². The first-order valence-electron chi connectivity index (χ1n) is 9.58. The highest BCUT2D eigenvalue weighted by atomic mass is 19.1. The number of piperazine rings is 1. The summed E-state index contributed by atoms with van der Waals surface area (Å²) in [6.45, 7) is 8.23. The molecule has 1 N–H and O–H groups in total. The van der Waals surface area contributed by atoms with Crippen LogP contribution in [-0.4, -0.2) is 62.7 Å². The molecule has 6 nitrogen and oxygen atoms in total. The molecule has 2 amide bonds. The Balaban J connectivity index is 1.60. The monoisotopic (exact) mass is 379 g/mol. The fraction of sp³-hybridized carbons (Fsp3) is 0.600. The zero-order valence-electron chi connectivity index (χ0n) is 16.2. The van der Waals surface area contributed by atoms with Crippen LogP contribution < -0.4 is 10.2 Å². The molecule has 1 aromatic carbocycles. The van der Waals surface area contributed by atoms with Gasteiger partial charge in [0.2, 0.25) is 11.8 Å². The Morgan fingerprint density at radius 3 is 2.41 bits per heavy atom. The Kier molecular flexibility index (Phi) is 8.51. The lowest BCUT2D eigenvalue weighted by atomic mass is 10.2. The molecule has 1 fully saturated rings. The molecule has 1 aliphatic heterocycles. The number of hydrogen-bond donors (Lipinski definition) is 1. The number of amides is 2. The average molecular weight is 379 g/mol. The zero-order chi connectivity index (χ0) is 19.6. The number of carbonyl (C=O) groups is 2. The summed E-state index contributed by atoms with van der Waals surface area (Å²) in [5.74, 6) is 0.160. The summed E-state index contributed by atoms with van der Waals surface area (Å²) in [5.41, 5.74) is 0.968. The Labute approximate surface area is 160 Å². The van der Waals surface area contributed by atoms with Crippen molar-refractivity contribution in [2.75, 3.05) is 50.8 Å². The second-order valence-corrected chi connectivity index (χ2v) is 7.16. The van der Waals surface area contributed by atoms with Crippen molar-refractivity contribution in [3.8, 4) is 0 Å². The minimum Gasteiger partial charge on any atom is -0.381 e. The van der Waals surface area contributed by atoms with Crippen molar-refractivity contribution < 1.29 is 18.7 Å². The molecule has 0 aromatic heterocycles. The van der Waals surface area contributed by atoms with E-state index in [9.17, 15) is 14.0 Å². The van der Waals surface area contributed by atoms with Crippen LogP contribution in [0.4, 0.5) is 10.1 Å². The lowest BCUT2D eigenvalue weighted by molar-refractivity contribution is -0.131. The van der Waals surface area contributed by atoms with E-state index >= 15 is 0 Å². The smallest absolute Gasteiger partial charge is 0.224 e. The van der Waals surface area contributed by atoms with Crippen molar-refractivity contribution in [2.24, 2.45) is 5.92 Å². The molecule has 1 aliphatic rings. The van der Waals surface area contributed by atoms with Gasteiger partial charge in [-0.2, -0.15) is 0 Å². The van der Waals surface area contributed by atoms with E-state index in [2.05, 4.69) is 24.1 Å². The number of hydrogen-bond acceptors (Lipinski definition) is 4. The molecule has 150 valence electrons. The summed E-state index contributed by atoms with van der Waals surface area (Å²) in [4.78, 5) is 28.0. The van der Waals surface area contributed by atoms with E-state index in [0.717, 1.165) is 18.8 Å². The van der Waals surface area contributed by atoms with Gasteiger partial charge >= 0.3 is 0 Å². The Bertz CT molecular complexity index is 599. The normalized spacial score (nSPS) is 14.5. The van der Waals surface area contributed by atoms with Crippen LogP contribution >= 0.6 is 0 Å². The number of ether oxygens (including phenoxy) is 1. The maximum atomic E-state index is 13.0. The SMILES string of the molecule is CC(C)COCCC(=O)NCCC(=O)N1CCN(c2ccc(F)cc2)CC1. The van der Waals surface area contributed by atoms with Gasteiger partial charge < -0.3 is 19.9 Å². The second kappa shape index (κ2) is 10.9. The molecule has 1 saturated heterocycles. The van der Waals surface area contributed by atoms with Crippen LogP contribution in [-0.2, 0) is 14.3 Å². The van der Waals surface area contributed by atoms with E-state index in [1.165, 1.54) is 12.1 Å². The minimum absolute atomic E-state index is 0.0464. The summed E-state index contributed by atoms with van der Waals surface area (Å²) >= 11 is 0. The predicted molar refractivity (Wildman–Crippen MR) is 103 cm³/mol. The highest BCUT2D eigenvalue weighted by Gasteiger charge is 2.21. The number of anilines is 1. The van der Waals surface area contributed by atoms with Gasteiger partial charge in [-0.05, 0) is 30.2 Å². The molecular formula is C20H30FN3O3. The molecule has 0 unspecified atom stereocenters. The molecule has 1 heterocycles. The number of halogens is 1. The van der Waals surface area contributed by atoms with Gasteiger partial charge in [0.1, 0.15) is 5.82 Å². The van der Waals surface area contributed by atoms with E-state index in [0.29, 0.717) is 51.6 Å². The maximum Gasteiger partial charge on any atom is 0.224 e. The van der Waals surface area contributed by atoms with E-state index in [-0.39, 0.29) is 17.6 Å². The van der Waals surface area contributed by atoms with Crippen LogP contribution in [0.1, 0.15) is 26.7 Å². The van der Waals surface area contributed by atoms with Gasteiger partial charge in [-0.3, -0.25) is 9.59 Å². The summed E-state index contributed by atoms with van der Waals surface area (Å²) < 4.78 is 18.4. The topological polar surface area (TPSA) is 61.9 Å². The molecule has 0 aliphatic carbocycles. The quantitative estimate of drug-likeness (QED) is 0.667. The summed E-state index contributed by atoms with van der Waals surface area (Å²) in [5, 5.41) is 2.77. The standard InChI is InChI=1S/C20H30FN3O3/c1-16(2)15-27-14-8-19(25)22-9-7-20(26)24-12-10-23(11-13-24)18-5-3-17(21)4-6-18/h3-6,16H,7-15H2,1-2H3,(H,22,25). The van der Waals surface area contributed by atoms with Crippen molar-refractivity contribution in [1.82, 2.24) is 10.2 Å². The van der Waals surface area contributed by atoms with Gasteiger partial charge in [-0.15, -0.1) is 0 Å². The largest absolute Gasteiger partial charge is 0.381 e. The number of benzene rings is 1. The first-order valence-corrected chi connectivity index (χ1v) is 9.58. The van der Waals surface area contributed by atoms with Crippen LogP contribution in [0, 0.1) is 11.7 Å². The first-order chi connectivity index (χ1) is 13.0. The highest BCUT2D eigenvalue weighted by molar-refractivity contribution is 5.79. The number of nitrogens with one attached hydrogen (secondary N) is 1. The first kappa shape index (κ1) is 21.2. The van der Waals surface area contributed by atoms with Crippen molar-refractivity contribution in [3.63, 3.8) is 0 Å². The third-order valence-electron chi connectivity index (χ3n) is 4.41. The third-order valence-corrected chi connectivity index (χ3v) is 4.41. The third kappa shape index (κ3) is 7.54. The van der Waals surface area contributed by atoms with E-state index < -0.39 is 0 Å². The van der Waals surface area contributed by atoms with Gasteiger partial charge in [0.15, 0.2) is 0 Å². The molecule has 0 spiro atoms. The molecule has 1 aromatic rings. The number of rotatable bonds is 9. The summed E-state index contributed by atoms with van der Waals surface area (Å²) in [7, 11) is 0. The second-order valence-electron chi connectivity index (χ2n) is 7.16. The molecule has 0 bridgehead atoms. The van der Waals surface area contributed by atoms with Gasteiger partial charge in [0.25, 0.3) is 0 Å². The Hall–Kier alpha value is -2.15. The molecular weight excluding hydrogens is 349 g/mol. The van der Waals surface area contributed by atoms with Crippen molar-refractivity contribution >= 4 is 17.5 Å². The number of nitrogens with zero attached hydrogens (tertiary/aromatic N) is 2. The molecule has 0 radical (unpaired) electrons. The Morgan fingerprint density at radius 2 is 1.78 bits per heavy atom. The van der Waals surface area contributed by atoms with Gasteiger partial charge in [0.05, 0.1) is 6.61 Å². The van der Waals surface area contributed by atoms with Gasteiger partial charge in [-0.25, -0.2) is 4.39 Å². The van der Waals surface area contributed by atoms with Crippen molar-refractivity contribution in [1.29, 1.82) is 0 Å². The maximum absolute atomic E-state index is 13.0. The summed E-state index contributed by atoms with van der Waals surface area (Å²) in [6, 6.07) is 6.41. The van der Waals surface area contributed by atoms with Crippen molar-refractivity contribution in [3.05, 3.63) is 30.1 Å². The van der Waals surface area contributed by atoms with E-state index in [4.69, 9.17) is 4.74 Å². The van der Waals surface area contributed by atoms with Crippen LogP contribution in [0.2, 0.25) is 0 Å². The highest BCUT2D eigenvalue weighted by Crippen LogP contribution is 2.17. The predicted octanol–water partition coefficient (Wildman–Crippen LogP) is 2.04. The van der Waals surface area contributed by atoms with E-state index in [1.54, 1.807) is 12.1 Å². The lowest BCUT2D eigenvalue weighted by Crippen LogP contribution is -2.49. The Morgan fingerprint density at radius 1 is 1.11 bits per heavy atom. The molecule has 2 rings (SSSR count). The average Bonchev–Trinajstić information content (AvgIpc) is 2.66. The van der Waals surface area contributed by atoms with Gasteiger partial charge in [-0.1, -0.05) is 13.8 Å². The fourth-order valence-corrected chi connectivity index (χ4v) is 2.91. The zero-order valence-corrected chi connectivity index (χ0v) is 16.2. The van der Waals surface area contributed by atoms with Crippen molar-refractivity contribution in [2.45, 2.75) is 26.7 Å². The fourth-order valence-electron chi connectivity index (χ4n) is 2.91. The molecule has 0 saturated carbocycles. The molecule has 27 heavy (non-hydrogen) atoms. The number of carbonyl (C=O) groups excluding carboxylic acids is 2. The van der Waals surface area contributed by atoms with Crippen LogP contribution in [0.15, 0.2) is 24.3 Å². The van der Waals surface area contributed by atoms with Crippen LogP contribution in [0.3, 0.4) is 0 Å². The van der Waals surface area contributed by atoms with Crippen LogP contribution in [0.5, 0.6) is 0 Å². The van der Waals surface area contributed by atoms with Crippen LogP contribution in [0.25, 0.3) is 0 Å². The van der Waals surface area contributed by atoms with E-state index in [1.807, 2.05) is 4.90 Å². The minimum atomic E-state index is -0.249.